The lowest BCUT2D eigenvalue weighted by Crippen LogP contribution is -2.38. The number of benzene rings is 1. The first-order valence-electron chi connectivity index (χ1n) is 11.0. The van der Waals surface area contributed by atoms with E-state index in [2.05, 4.69) is 26.3 Å². The molecule has 2 aliphatic heterocycles. The number of rotatable bonds is 1. The van der Waals surface area contributed by atoms with Gasteiger partial charge in [0.15, 0.2) is 0 Å². The summed E-state index contributed by atoms with van der Waals surface area (Å²) in [6, 6.07) is 5.95. The molecule has 0 aliphatic carbocycles. The second kappa shape index (κ2) is 10.3. The van der Waals surface area contributed by atoms with Crippen LogP contribution >= 0.6 is 0 Å². The number of amides is 2. The summed E-state index contributed by atoms with van der Waals surface area (Å²) in [6.45, 7) is 8.88. The van der Waals surface area contributed by atoms with Gasteiger partial charge in [-0.3, -0.25) is 0 Å². The molecule has 0 atom stereocenters. The van der Waals surface area contributed by atoms with Crippen LogP contribution in [0.15, 0.2) is 51.5 Å². The van der Waals surface area contributed by atoms with Gasteiger partial charge < -0.3 is 20.9 Å². The van der Waals surface area contributed by atoms with E-state index in [-0.39, 0.29) is 12.0 Å². The molecule has 3 rings (SSSR count). The van der Waals surface area contributed by atoms with Crippen LogP contribution in [0.2, 0.25) is 0 Å². The van der Waals surface area contributed by atoms with Crippen LogP contribution < -0.4 is 16.0 Å². The highest BCUT2D eigenvalue weighted by atomic mass is 16.2. The molecule has 1 fully saturated rings. The minimum atomic E-state index is -0.108. The summed E-state index contributed by atoms with van der Waals surface area (Å²) in [4.78, 5) is 25.9. The summed E-state index contributed by atoms with van der Waals surface area (Å²) < 4.78 is 0. The number of piperidine rings is 1. The van der Waals surface area contributed by atoms with Gasteiger partial charge in [-0.25, -0.2) is 14.8 Å². The average molecular weight is 423 g/mol. The van der Waals surface area contributed by atoms with Gasteiger partial charge in [0.2, 0.25) is 5.96 Å². The lowest BCUT2D eigenvalue weighted by Gasteiger charge is -2.31. The van der Waals surface area contributed by atoms with Gasteiger partial charge in [0, 0.05) is 44.6 Å². The van der Waals surface area contributed by atoms with Crippen LogP contribution in [-0.4, -0.2) is 49.3 Å². The van der Waals surface area contributed by atoms with E-state index in [0.717, 1.165) is 46.9 Å². The van der Waals surface area contributed by atoms with Crippen molar-refractivity contribution >= 4 is 29.1 Å². The topological polar surface area (TPSA) is 86.3 Å². The quantitative estimate of drug-likeness (QED) is 0.713. The van der Waals surface area contributed by atoms with Crippen LogP contribution in [0.4, 0.5) is 16.2 Å². The van der Waals surface area contributed by atoms with Gasteiger partial charge in [0.05, 0.1) is 5.69 Å². The van der Waals surface area contributed by atoms with Gasteiger partial charge in [-0.15, -0.1) is 0 Å². The Kier molecular flexibility index (Phi) is 7.50. The lowest BCUT2D eigenvalue weighted by molar-refractivity contribution is 0.212. The van der Waals surface area contributed by atoms with Crippen LogP contribution in [-0.2, 0) is 6.54 Å². The number of hydrogen-bond acceptors (Lipinski definition) is 5. The molecular formula is C24H34N6O. The van der Waals surface area contributed by atoms with Crippen molar-refractivity contribution in [2.24, 2.45) is 15.7 Å². The molecule has 0 unspecified atom stereocenters. The van der Waals surface area contributed by atoms with Crippen LogP contribution in [0.25, 0.3) is 0 Å². The molecule has 1 aromatic rings. The van der Waals surface area contributed by atoms with E-state index < -0.39 is 0 Å². The zero-order valence-electron chi connectivity index (χ0n) is 19.1. The maximum absolute atomic E-state index is 12.8. The number of carbonyl (C=O) groups is 1. The van der Waals surface area contributed by atoms with Gasteiger partial charge in [0.1, 0.15) is 0 Å². The largest absolute Gasteiger partial charge is 0.371 e. The van der Waals surface area contributed by atoms with E-state index >= 15 is 0 Å². The zero-order valence-corrected chi connectivity index (χ0v) is 19.1. The van der Waals surface area contributed by atoms with Gasteiger partial charge in [-0.2, -0.15) is 0 Å². The van der Waals surface area contributed by atoms with Gasteiger partial charge in [-0.05, 0) is 74.9 Å². The summed E-state index contributed by atoms with van der Waals surface area (Å²) in [5, 5.41) is 3.07. The van der Waals surface area contributed by atoms with Crippen molar-refractivity contribution < 1.29 is 4.79 Å². The van der Waals surface area contributed by atoms with Crippen molar-refractivity contribution in [3.63, 3.8) is 0 Å². The fraction of sp³-hybridized carbons (Fsp3) is 0.458. The Morgan fingerprint density at radius 2 is 1.87 bits per heavy atom. The van der Waals surface area contributed by atoms with Crippen LogP contribution in [0.1, 0.15) is 45.6 Å². The second-order valence-electron chi connectivity index (χ2n) is 8.23. The van der Waals surface area contributed by atoms with Crippen molar-refractivity contribution in [1.29, 1.82) is 0 Å². The van der Waals surface area contributed by atoms with Crippen LogP contribution in [0.3, 0.4) is 0 Å². The predicted molar refractivity (Wildman–Crippen MR) is 129 cm³/mol. The van der Waals surface area contributed by atoms with Crippen LogP contribution in [0, 0.1) is 0 Å². The third-order valence-electron chi connectivity index (χ3n) is 5.83. The molecule has 2 heterocycles. The molecule has 0 radical (unpaired) electrons. The molecular weight excluding hydrogens is 388 g/mol. The Balaban J connectivity index is 2.02. The number of carbonyl (C=O) groups excluding carboxylic acids is 1. The SMILES string of the molecule is C\C=C1/C=C(C)/C(C)=N/C(N)=Nc2ccc(N3CCCCC3)c(c2)CNC(=O)N(C)C1. The Morgan fingerprint density at radius 1 is 1.13 bits per heavy atom. The zero-order chi connectivity index (χ0) is 22.4. The Morgan fingerprint density at radius 3 is 2.58 bits per heavy atom. The Hall–Kier alpha value is -3.09. The number of allylic oxidation sites excluding steroid dienone is 2. The molecule has 2 aliphatic rings. The molecule has 2 amide bonds. The van der Waals surface area contributed by atoms with Crippen molar-refractivity contribution in [3.8, 4) is 0 Å². The Bertz CT molecular complexity index is 937. The summed E-state index contributed by atoms with van der Waals surface area (Å²) in [5.41, 5.74) is 11.9. The van der Waals surface area contributed by atoms with E-state index in [1.54, 1.807) is 4.90 Å². The number of nitrogens with zero attached hydrogens (tertiary/aromatic N) is 4. The van der Waals surface area contributed by atoms with Crippen molar-refractivity contribution in [1.82, 2.24) is 10.2 Å². The van der Waals surface area contributed by atoms with E-state index in [4.69, 9.17) is 5.73 Å². The first-order valence-corrected chi connectivity index (χ1v) is 11.0. The smallest absolute Gasteiger partial charge is 0.317 e. The monoisotopic (exact) mass is 422 g/mol. The summed E-state index contributed by atoms with van der Waals surface area (Å²) in [5.74, 6) is 0.222. The third kappa shape index (κ3) is 5.96. The Labute approximate surface area is 185 Å². The van der Waals surface area contributed by atoms with Gasteiger partial charge in [0.25, 0.3) is 0 Å². The number of anilines is 1. The summed E-state index contributed by atoms with van der Waals surface area (Å²) in [7, 11) is 1.81. The van der Waals surface area contributed by atoms with E-state index in [1.807, 2.05) is 52.1 Å². The number of guanidine groups is 1. The highest BCUT2D eigenvalue weighted by Gasteiger charge is 2.17. The molecule has 166 valence electrons. The summed E-state index contributed by atoms with van der Waals surface area (Å²) >= 11 is 0. The predicted octanol–water partition coefficient (Wildman–Crippen LogP) is 4.13. The molecule has 7 nitrogen and oxygen atoms in total. The molecule has 0 aromatic heterocycles. The highest BCUT2D eigenvalue weighted by molar-refractivity contribution is 6.05. The number of nitrogens with two attached hydrogens (primary N) is 1. The first-order chi connectivity index (χ1) is 14.9. The number of hydrogen-bond donors (Lipinski definition) is 2. The van der Waals surface area contributed by atoms with E-state index in [1.165, 1.54) is 19.3 Å². The minimum absolute atomic E-state index is 0.108. The standard InChI is InChI=1S/C24H34N6O/c1-5-19-13-17(2)18(3)27-23(25)28-21-9-10-22(30-11-7-6-8-12-30)20(14-21)15-26-24(31)29(4)16-19/h5,9-10,13-14H,6-8,11-12,15-16H2,1-4H3,(H2,25,28)(H,26,31)/b17-13+,19-5+,27-18+. The maximum atomic E-state index is 12.8. The fourth-order valence-corrected chi connectivity index (χ4v) is 3.90. The number of aliphatic imine (C=N–C) groups is 2. The lowest BCUT2D eigenvalue weighted by atomic mass is 10.1. The fourth-order valence-electron chi connectivity index (χ4n) is 3.90. The minimum Gasteiger partial charge on any atom is -0.371 e. The summed E-state index contributed by atoms with van der Waals surface area (Å²) in [6.07, 6.45) is 7.68. The van der Waals surface area contributed by atoms with Crippen molar-refractivity contribution in [2.75, 3.05) is 31.6 Å². The number of likely N-dealkylation sites (N-methyl/N-ethyl adjacent to an activating group) is 1. The average Bonchev–Trinajstić information content (AvgIpc) is 2.76. The molecule has 1 saturated heterocycles. The normalized spacial score (nSPS) is 23.7. The van der Waals surface area contributed by atoms with Crippen molar-refractivity contribution in [3.05, 3.63) is 47.1 Å². The molecule has 0 saturated carbocycles. The number of urea groups is 1. The molecule has 0 spiro atoms. The van der Waals surface area contributed by atoms with E-state index in [0.29, 0.717) is 13.1 Å². The number of nitrogens with one attached hydrogen (secondary N) is 1. The first kappa shape index (κ1) is 22.6. The van der Waals surface area contributed by atoms with Crippen molar-refractivity contribution in [2.45, 2.75) is 46.6 Å². The van der Waals surface area contributed by atoms with Gasteiger partial charge >= 0.3 is 6.03 Å². The van der Waals surface area contributed by atoms with E-state index in [9.17, 15) is 4.79 Å². The third-order valence-corrected chi connectivity index (χ3v) is 5.83. The molecule has 3 N–H and O–H groups in total. The maximum Gasteiger partial charge on any atom is 0.317 e. The molecule has 2 bridgehead atoms. The van der Waals surface area contributed by atoms with Crippen LogP contribution in [0.5, 0.6) is 0 Å². The highest BCUT2D eigenvalue weighted by Crippen LogP contribution is 2.28. The molecule has 1 aromatic carbocycles. The second-order valence-corrected chi connectivity index (χ2v) is 8.23. The molecule has 31 heavy (non-hydrogen) atoms. The molecule has 7 heteroatoms. The number of fused-ring (bicyclic) bond motifs is 2. The van der Waals surface area contributed by atoms with Gasteiger partial charge in [-0.1, -0.05) is 12.2 Å².